The van der Waals surface area contributed by atoms with E-state index < -0.39 is 0 Å². The van der Waals surface area contributed by atoms with E-state index in [9.17, 15) is 0 Å². The van der Waals surface area contributed by atoms with Gasteiger partial charge in [0.05, 0.1) is 17.9 Å². The van der Waals surface area contributed by atoms with Crippen LogP contribution < -0.4 is 9.80 Å². The van der Waals surface area contributed by atoms with Crippen molar-refractivity contribution in [2.45, 2.75) is 26.2 Å². The molecule has 0 saturated heterocycles. The van der Waals surface area contributed by atoms with Crippen LogP contribution in [0.15, 0.2) is 29.3 Å². The Kier molecular flexibility index (Phi) is 4.27. The molecular formula is C14H20BrN3. The van der Waals surface area contributed by atoms with Gasteiger partial charge in [0.2, 0.25) is 5.96 Å². The smallest absolute Gasteiger partial charge is 0.205 e. The SMILES string of the molecule is Br.CCCCCN1C2=NCCN2c2ccccc21. The average molecular weight is 310 g/mol. The fourth-order valence-electron chi connectivity index (χ4n) is 2.66. The molecule has 0 fully saturated rings. The zero-order valence-corrected chi connectivity index (χ0v) is 12.5. The van der Waals surface area contributed by atoms with E-state index in [0.717, 1.165) is 19.6 Å². The Morgan fingerprint density at radius 3 is 2.72 bits per heavy atom. The Balaban J connectivity index is 0.00000120. The largest absolute Gasteiger partial charge is 0.310 e. The zero-order valence-electron chi connectivity index (χ0n) is 10.8. The number of fused-ring (bicyclic) bond motifs is 3. The molecule has 2 heterocycles. The first-order chi connectivity index (χ1) is 8.42. The van der Waals surface area contributed by atoms with Crippen molar-refractivity contribution in [2.24, 2.45) is 4.99 Å². The third kappa shape index (κ3) is 2.14. The summed E-state index contributed by atoms with van der Waals surface area (Å²) in [6.45, 7) is 5.32. The van der Waals surface area contributed by atoms with Gasteiger partial charge in [-0.1, -0.05) is 31.9 Å². The first kappa shape index (κ1) is 13.4. The Morgan fingerprint density at radius 1 is 1.17 bits per heavy atom. The summed E-state index contributed by atoms with van der Waals surface area (Å²) in [5.41, 5.74) is 2.67. The predicted molar refractivity (Wildman–Crippen MR) is 83.3 cm³/mol. The summed E-state index contributed by atoms with van der Waals surface area (Å²) < 4.78 is 0. The highest BCUT2D eigenvalue weighted by Gasteiger charge is 2.34. The quantitative estimate of drug-likeness (QED) is 0.793. The van der Waals surface area contributed by atoms with Crippen molar-refractivity contribution >= 4 is 34.3 Å². The average Bonchev–Trinajstić information content (AvgIpc) is 2.92. The molecule has 1 aromatic carbocycles. The fraction of sp³-hybridized carbons (Fsp3) is 0.500. The second kappa shape index (κ2) is 5.74. The molecule has 0 amide bonds. The number of anilines is 2. The van der Waals surface area contributed by atoms with Gasteiger partial charge < -0.3 is 9.80 Å². The number of hydrogen-bond acceptors (Lipinski definition) is 3. The zero-order chi connectivity index (χ0) is 11.7. The molecule has 0 radical (unpaired) electrons. The molecule has 1 aromatic rings. The molecular weight excluding hydrogens is 290 g/mol. The summed E-state index contributed by atoms with van der Waals surface area (Å²) in [7, 11) is 0. The summed E-state index contributed by atoms with van der Waals surface area (Å²) in [5, 5.41) is 0. The van der Waals surface area contributed by atoms with Crippen molar-refractivity contribution in [3.05, 3.63) is 24.3 Å². The number of guanidine groups is 1. The van der Waals surface area contributed by atoms with Crippen molar-refractivity contribution in [1.82, 2.24) is 0 Å². The van der Waals surface area contributed by atoms with E-state index in [0.29, 0.717) is 0 Å². The normalized spacial score (nSPS) is 16.2. The molecule has 0 aromatic heterocycles. The van der Waals surface area contributed by atoms with E-state index in [1.807, 2.05) is 0 Å². The van der Waals surface area contributed by atoms with Crippen molar-refractivity contribution in [2.75, 3.05) is 29.4 Å². The van der Waals surface area contributed by atoms with Crippen LogP contribution in [-0.4, -0.2) is 25.6 Å². The van der Waals surface area contributed by atoms with Gasteiger partial charge in [-0.3, -0.25) is 4.99 Å². The van der Waals surface area contributed by atoms with Gasteiger partial charge in [0.25, 0.3) is 0 Å². The van der Waals surface area contributed by atoms with Crippen molar-refractivity contribution in [3.8, 4) is 0 Å². The Morgan fingerprint density at radius 2 is 1.94 bits per heavy atom. The highest BCUT2D eigenvalue weighted by atomic mass is 79.9. The monoisotopic (exact) mass is 309 g/mol. The predicted octanol–water partition coefficient (Wildman–Crippen LogP) is 3.45. The minimum absolute atomic E-state index is 0. The van der Waals surface area contributed by atoms with Gasteiger partial charge >= 0.3 is 0 Å². The van der Waals surface area contributed by atoms with Crippen LogP contribution in [0.1, 0.15) is 26.2 Å². The van der Waals surface area contributed by atoms with Crippen LogP contribution in [0.4, 0.5) is 11.4 Å². The van der Waals surface area contributed by atoms with Gasteiger partial charge in [0, 0.05) is 13.1 Å². The number of aliphatic imine (C=N–C) groups is 1. The van der Waals surface area contributed by atoms with Gasteiger partial charge in [-0.15, -0.1) is 17.0 Å². The first-order valence-corrected chi connectivity index (χ1v) is 6.60. The summed E-state index contributed by atoms with van der Waals surface area (Å²) in [6.07, 6.45) is 3.81. The van der Waals surface area contributed by atoms with E-state index in [1.165, 1.54) is 36.6 Å². The third-order valence-corrected chi connectivity index (χ3v) is 3.51. The maximum atomic E-state index is 4.64. The van der Waals surface area contributed by atoms with E-state index in [2.05, 4.69) is 46.0 Å². The molecule has 3 nitrogen and oxygen atoms in total. The number of unbranched alkanes of at least 4 members (excludes halogenated alkanes) is 2. The van der Waals surface area contributed by atoms with Crippen LogP contribution in [0.2, 0.25) is 0 Å². The number of para-hydroxylation sites is 2. The summed E-state index contributed by atoms with van der Waals surface area (Å²) in [4.78, 5) is 9.38. The molecule has 18 heavy (non-hydrogen) atoms. The van der Waals surface area contributed by atoms with Crippen molar-refractivity contribution in [1.29, 1.82) is 0 Å². The van der Waals surface area contributed by atoms with Crippen LogP contribution in [0.5, 0.6) is 0 Å². The van der Waals surface area contributed by atoms with Crippen molar-refractivity contribution < 1.29 is 0 Å². The van der Waals surface area contributed by atoms with E-state index >= 15 is 0 Å². The fourth-order valence-corrected chi connectivity index (χ4v) is 2.66. The maximum absolute atomic E-state index is 4.64. The topological polar surface area (TPSA) is 18.8 Å². The van der Waals surface area contributed by atoms with E-state index in [-0.39, 0.29) is 17.0 Å². The second-order valence-electron chi connectivity index (χ2n) is 4.68. The van der Waals surface area contributed by atoms with Crippen LogP contribution >= 0.6 is 17.0 Å². The van der Waals surface area contributed by atoms with Gasteiger partial charge in [-0.2, -0.15) is 0 Å². The van der Waals surface area contributed by atoms with Gasteiger partial charge in [-0.25, -0.2) is 0 Å². The van der Waals surface area contributed by atoms with E-state index in [1.54, 1.807) is 0 Å². The summed E-state index contributed by atoms with van der Waals surface area (Å²) >= 11 is 0. The Bertz CT molecular complexity index is 444. The molecule has 98 valence electrons. The summed E-state index contributed by atoms with van der Waals surface area (Å²) in [5.74, 6) is 1.17. The second-order valence-corrected chi connectivity index (χ2v) is 4.68. The molecule has 0 atom stereocenters. The molecule has 3 rings (SSSR count). The van der Waals surface area contributed by atoms with Crippen LogP contribution in [0.25, 0.3) is 0 Å². The lowest BCUT2D eigenvalue weighted by molar-refractivity contribution is 0.723. The highest BCUT2D eigenvalue weighted by molar-refractivity contribution is 8.93. The van der Waals surface area contributed by atoms with E-state index in [4.69, 9.17) is 0 Å². The Labute approximate surface area is 119 Å². The molecule has 4 heteroatoms. The molecule has 2 aliphatic heterocycles. The molecule has 0 bridgehead atoms. The Hall–Kier alpha value is -1.03. The minimum atomic E-state index is 0. The van der Waals surface area contributed by atoms with Crippen LogP contribution in [0, 0.1) is 0 Å². The lowest BCUT2D eigenvalue weighted by Gasteiger charge is -2.19. The number of hydrogen-bond donors (Lipinski definition) is 0. The van der Waals surface area contributed by atoms with Crippen molar-refractivity contribution in [3.63, 3.8) is 0 Å². The molecule has 0 saturated carbocycles. The van der Waals surface area contributed by atoms with Crippen LogP contribution in [-0.2, 0) is 0 Å². The lowest BCUT2D eigenvalue weighted by atomic mass is 10.2. The third-order valence-electron chi connectivity index (χ3n) is 3.51. The molecule has 0 aliphatic carbocycles. The highest BCUT2D eigenvalue weighted by Crippen LogP contribution is 2.38. The van der Waals surface area contributed by atoms with Gasteiger partial charge in [0.1, 0.15) is 0 Å². The van der Waals surface area contributed by atoms with Crippen LogP contribution in [0.3, 0.4) is 0 Å². The first-order valence-electron chi connectivity index (χ1n) is 6.60. The molecule has 2 aliphatic rings. The van der Waals surface area contributed by atoms with Gasteiger partial charge in [-0.05, 0) is 18.6 Å². The number of halogens is 1. The minimum Gasteiger partial charge on any atom is -0.310 e. The number of rotatable bonds is 4. The summed E-state index contributed by atoms with van der Waals surface area (Å²) in [6, 6.07) is 8.65. The molecule has 0 N–H and O–H groups in total. The lowest BCUT2D eigenvalue weighted by Crippen LogP contribution is -2.35. The maximum Gasteiger partial charge on any atom is 0.205 e. The number of benzene rings is 1. The molecule has 0 spiro atoms. The van der Waals surface area contributed by atoms with Gasteiger partial charge in [0.15, 0.2) is 0 Å². The standard InChI is InChI=1S/C14H19N3.BrH/c1-2-3-6-10-16-12-7-4-5-8-13(12)17-11-9-15-14(16)17;/h4-5,7-8H,2-3,6,9-11H2,1H3;1H. The number of nitrogens with zero attached hydrogens (tertiary/aromatic N) is 3. The molecule has 0 unspecified atom stereocenters.